The second-order valence-corrected chi connectivity index (χ2v) is 7.30. The maximum atomic E-state index is 5.53. The molecule has 1 aliphatic carbocycles. The van der Waals surface area contributed by atoms with Crippen molar-refractivity contribution in [3.8, 4) is 0 Å². The molecule has 1 saturated carbocycles. The van der Waals surface area contributed by atoms with Gasteiger partial charge in [-0.05, 0) is 46.0 Å². The van der Waals surface area contributed by atoms with Crippen molar-refractivity contribution >= 4 is 0 Å². The molecule has 0 bridgehead atoms. The van der Waals surface area contributed by atoms with Crippen LogP contribution in [0.2, 0.25) is 0 Å². The summed E-state index contributed by atoms with van der Waals surface area (Å²) in [7, 11) is 0. The minimum atomic E-state index is 0.208. The van der Waals surface area contributed by atoms with E-state index in [-0.39, 0.29) is 5.54 Å². The zero-order chi connectivity index (χ0) is 13.7. The van der Waals surface area contributed by atoms with E-state index < -0.39 is 0 Å². The molecule has 2 heteroatoms. The second-order valence-electron chi connectivity index (χ2n) is 7.30. The molecular weight excluding hydrogens is 234 g/mol. The van der Waals surface area contributed by atoms with Gasteiger partial charge in [0, 0.05) is 24.6 Å². The molecule has 0 amide bonds. The van der Waals surface area contributed by atoms with Gasteiger partial charge >= 0.3 is 0 Å². The van der Waals surface area contributed by atoms with Crippen LogP contribution >= 0.6 is 0 Å². The van der Waals surface area contributed by atoms with Crippen LogP contribution in [-0.4, -0.2) is 25.3 Å². The van der Waals surface area contributed by atoms with Crippen LogP contribution in [0.15, 0.2) is 11.6 Å². The van der Waals surface area contributed by atoms with Crippen LogP contribution in [0.1, 0.15) is 59.3 Å². The Balaban J connectivity index is 1.98. The maximum Gasteiger partial charge on any atom is 0.0529 e. The molecular formula is C17H31NO. The summed E-state index contributed by atoms with van der Waals surface area (Å²) in [4.78, 5) is 0. The fourth-order valence-electron chi connectivity index (χ4n) is 3.17. The molecule has 110 valence electrons. The lowest BCUT2D eigenvalue weighted by molar-refractivity contribution is 0.191. The molecule has 0 aromatic rings. The molecule has 2 rings (SSSR count). The Morgan fingerprint density at radius 1 is 1.16 bits per heavy atom. The third-order valence-corrected chi connectivity index (χ3v) is 4.37. The van der Waals surface area contributed by atoms with Gasteiger partial charge in [-0.1, -0.05) is 30.9 Å². The number of hydrogen-bond acceptors (Lipinski definition) is 2. The average molecular weight is 265 g/mol. The molecule has 2 fully saturated rings. The molecule has 1 unspecified atom stereocenters. The third-order valence-electron chi connectivity index (χ3n) is 4.37. The maximum absolute atomic E-state index is 5.53. The molecule has 0 aromatic heterocycles. The molecule has 2 aliphatic rings. The highest BCUT2D eigenvalue weighted by Crippen LogP contribution is 2.31. The molecule has 0 radical (unpaired) electrons. The SMILES string of the molecule is CC(C)(C)NC/C(=C/C1CCOC1)C1CCCCC1. The van der Waals surface area contributed by atoms with Crippen LogP contribution in [0, 0.1) is 11.8 Å². The molecule has 1 atom stereocenters. The van der Waals surface area contributed by atoms with E-state index in [4.69, 9.17) is 4.74 Å². The molecule has 1 N–H and O–H groups in total. The summed E-state index contributed by atoms with van der Waals surface area (Å²) in [6, 6.07) is 0. The summed E-state index contributed by atoms with van der Waals surface area (Å²) in [5.41, 5.74) is 1.87. The Bertz CT molecular complexity index is 291. The third kappa shape index (κ3) is 5.27. The van der Waals surface area contributed by atoms with E-state index in [0.717, 1.165) is 25.7 Å². The summed E-state index contributed by atoms with van der Waals surface area (Å²) < 4.78 is 5.53. The lowest BCUT2D eigenvalue weighted by atomic mass is 9.82. The smallest absolute Gasteiger partial charge is 0.0529 e. The Hall–Kier alpha value is -0.340. The van der Waals surface area contributed by atoms with Gasteiger partial charge in [0.05, 0.1) is 6.61 Å². The predicted octanol–water partition coefficient (Wildman–Crippen LogP) is 3.92. The first-order valence-corrected chi connectivity index (χ1v) is 8.08. The minimum absolute atomic E-state index is 0.208. The second kappa shape index (κ2) is 6.90. The van der Waals surface area contributed by atoms with Crippen LogP contribution < -0.4 is 5.32 Å². The van der Waals surface area contributed by atoms with Crippen molar-refractivity contribution in [1.29, 1.82) is 0 Å². The van der Waals surface area contributed by atoms with E-state index in [2.05, 4.69) is 32.2 Å². The van der Waals surface area contributed by atoms with Gasteiger partial charge in [-0.2, -0.15) is 0 Å². The number of hydrogen-bond donors (Lipinski definition) is 1. The first-order chi connectivity index (χ1) is 9.04. The van der Waals surface area contributed by atoms with Gasteiger partial charge in [-0.25, -0.2) is 0 Å². The molecule has 1 heterocycles. The summed E-state index contributed by atoms with van der Waals surface area (Å²) >= 11 is 0. The fraction of sp³-hybridized carbons (Fsp3) is 0.882. The first-order valence-electron chi connectivity index (χ1n) is 8.08. The van der Waals surface area contributed by atoms with E-state index in [9.17, 15) is 0 Å². The average Bonchev–Trinajstić information content (AvgIpc) is 2.87. The van der Waals surface area contributed by atoms with Gasteiger partial charge in [-0.15, -0.1) is 0 Å². The van der Waals surface area contributed by atoms with E-state index in [1.54, 1.807) is 5.57 Å². The molecule has 1 saturated heterocycles. The van der Waals surface area contributed by atoms with E-state index >= 15 is 0 Å². The van der Waals surface area contributed by atoms with Crippen molar-refractivity contribution in [2.45, 2.75) is 64.8 Å². The predicted molar refractivity (Wildman–Crippen MR) is 81.3 cm³/mol. The lowest BCUT2D eigenvalue weighted by Gasteiger charge is -2.29. The van der Waals surface area contributed by atoms with Crippen molar-refractivity contribution in [2.75, 3.05) is 19.8 Å². The Kier molecular flexibility index (Phi) is 5.47. The Labute approximate surface area is 119 Å². The van der Waals surface area contributed by atoms with Crippen LogP contribution in [-0.2, 0) is 4.74 Å². The van der Waals surface area contributed by atoms with Crippen molar-refractivity contribution < 1.29 is 4.74 Å². The minimum Gasteiger partial charge on any atom is -0.381 e. The van der Waals surface area contributed by atoms with Gasteiger partial charge in [0.15, 0.2) is 0 Å². The van der Waals surface area contributed by atoms with Crippen molar-refractivity contribution in [3.63, 3.8) is 0 Å². The topological polar surface area (TPSA) is 21.3 Å². The highest BCUT2D eigenvalue weighted by Gasteiger charge is 2.22. The standard InChI is InChI=1S/C17H31NO/c1-17(2,3)18-12-16(11-14-9-10-19-13-14)15-7-5-4-6-8-15/h11,14-15,18H,4-10,12-13H2,1-3H3/b16-11-. The van der Waals surface area contributed by atoms with Crippen molar-refractivity contribution in [3.05, 3.63) is 11.6 Å². The summed E-state index contributed by atoms with van der Waals surface area (Å²) in [6.45, 7) is 9.71. The zero-order valence-corrected chi connectivity index (χ0v) is 13.0. The summed E-state index contributed by atoms with van der Waals surface area (Å²) in [5.74, 6) is 1.49. The molecule has 0 aromatic carbocycles. The van der Waals surface area contributed by atoms with Gasteiger partial charge < -0.3 is 10.1 Å². The monoisotopic (exact) mass is 265 g/mol. The van der Waals surface area contributed by atoms with Crippen LogP contribution in [0.5, 0.6) is 0 Å². The number of ether oxygens (including phenoxy) is 1. The molecule has 2 nitrogen and oxygen atoms in total. The number of nitrogens with one attached hydrogen (secondary N) is 1. The quantitative estimate of drug-likeness (QED) is 0.778. The largest absolute Gasteiger partial charge is 0.381 e. The summed E-state index contributed by atoms with van der Waals surface area (Å²) in [6.07, 6.45) is 10.8. The van der Waals surface area contributed by atoms with Crippen LogP contribution in [0.4, 0.5) is 0 Å². The fourth-order valence-corrected chi connectivity index (χ4v) is 3.17. The summed E-state index contributed by atoms with van der Waals surface area (Å²) in [5, 5.41) is 3.68. The van der Waals surface area contributed by atoms with E-state index in [1.165, 1.54) is 38.5 Å². The van der Waals surface area contributed by atoms with E-state index in [1.807, 2.05) is 0 Å². The van der Waals surface area contributed by atoms with Crippen molar-refractivity contribution in [2.24, 2.45) is 11.8 Å². The normalized spacial score (nSPS) is 26.9. The zero-order valence-electron chi connectivity index (χ0n) is 13.0. The molecule has 0 spiro atoms. The van der Waals surface area contributed by atoms with Crippen molar-refractivity contribution in [1.82, 2.24) is 5.32 Å². The van der Waals surface area contributed by atoms with Crippen LogP contribution in [0.3, 0.4) is 0 Å². The highest BCUT2D eigenvalue weighted by molar-refractivity contribution is 5.13. The van der Waals surface area contributed by atoms with Gasteiger partial charge in [0.25, 0.3) is 0 Å². The van der Waals surface area contributed by atoms with Gasteiger partial charge in [0.1, 0.15) is 0 Å². The van der Waals surface area contributed by atoms with E-state index in [0.29, 0.717) is 5.92 Å². The van der Waals surface area contributed by atoms with Crippen LogP contribution in [0.25, 0.3) is 0 Å². The number of rotatable bonds is 4. The highest BCUT2D eigenvalue weighted by atomic mass is 16.5. The Morgan fingerprint density at radius 3 is 2.47 bits per heavy atom. The lowest BCUT2D eigenvalue weighted by Crippen LogP contribution is -2.38. The first kappa shape index (κ1) is 15.1. The molecule has 19 heavy (non-hydrogen) atoms. The molecule has 1 aliphatic heterocycles. The van der Waals surface area contributed by atoms with Gasteiger partial charge in [-0.3, -0.25) is 0 Å². The Morgan fingerprint density at radius 2 is 1.89 bits per heavy atom. The van der Waals surface area contributed by atoms with Gasteiger partial charge in [0.2, 0.25) is 0 Å².